The fourth-order valence-electron chi connectivity index (χ4n) is 22.0. The minimum absolute atomic E-state index is 0.00768. The molecule has 21 aromatic carbocycles. The van der Waals surface area contributed by atoms with Crippen molar-refractivity contribution in [3.05, 3.63) is 448 Å². The molecule has 6 nitrogen and oxygen atoms in total. The van der Waals surface area contributed by atoms with E-state index in [2.05, 4.69) is 464 Å². The number of nitrogens with zero attached hydrogens (tertiary/aromatic N) is 6. The predicted molar refractivity (Wildman–Crippen MR) is 548 cm³/mol. The van der Waals surface area contributed by atoms with Crippen molar-refractivity contribution in [1.29, 1.82) is 0 Å². The summed E-state index contributed by atoms with van der Waals surface area (Å²) in [5.74, 6) is 0. The van der Waals surface area contributed by atoms with Gasteiger partial charge in [-0.3, -0.25) is 13.2 Å². The summed E-state index contributed by atoms with van der Waals surface area (Å²) in [6.07, 6.45) is 0. The number of imidazole rings is 3. The average molecular weight is 1650 g/mol. The van der Waals surface area contributed by atoms with Gasteiger partial charge in [0.1, 0.15) is 16.9 Å². The third-order valence-electron chi connectivity index (χ3n) is 28.2. The fourth-order valence-corrected chi connectivity index (χ4v) is 22.0. The lowest BCUT2D eigenvalue weighted by Crippen LogP contribution is -2.14. The van der Waals surface area contributed by atoms with Crippen LogP contribution in [-0.4, -0.2) is 28.2 Å². The normalized spacial score (nSPS) is 12.6. The first kappa shape index (κ1) is 73.4. The summed E-state index contributed by atoms with van der Waals surface area (Å²) in [4.78, 5) is 15.6. The maximum absolute atomic E-state index is 5.23. The van der Waals surface area contributed by atoms with E-state index in [4.69, 9.17) is 15.0 Å². The Morgan fingerprint density at radius 3 is 0.969 bits per heavy atom. The summed E-state index contributed by atoms with van der Waals surface area (Å²) in [6, 6.07) is 159. The lowest BCUT2D eigenvalue weighted by atomic mass is 9.81. The maximum Gasteiger partial charge on any atom is 0.147 e. The first-order valence-corrected chi connectivity index (χ1v) is 44.9. The standard InChI is InChI=1S/C45H26N2.C44H30N2.C35H22N2/c1-2-12-32-27(9-1)19-22-39-35-21-20-29(26-42(35)47-41-18-6-5-17-40(41)46-45(47)44(32)39)28-10-7-11-30(25-28)31-23-24-38-34-14-4-3-13-33(34)37-16-8-15-36(31)43(37)38;1-44(2)37-12-6-5-11-33(37)34-22-20-30(25-38(34)44)27-15-17-28(18-16-27)31-21-23-35-36-24-19-29-9-3-4-10-32(29)42(36)43-45-39-13-7-8-14-40(39)46(43)41(35)26-31;1-2-8-23(9-3-1)24-14-16-25(17-15-24)27-19-20-29-30-21-18-26-10-4-5-11-28(26)34(30)35-36-31-12-6-7-13-32(31)37(35)33(29)22-27/h1-26H;3-26H,1-2H3;1-22H. The molecule has 0 aliphatic heterocycles. The molecule has 0 N–H and O–H groups in total. The molecule has 6 aromatic heterocycles. The second kappa shape index (κ2) is 28.5. The van der Waals surface area contributed by atoms with E-state index in [1.54, 1.807) is 0 Å². The van der Waals surface area contributed by atoms with Crippen LogP contribution >= 0.6 is 0 Å². The van der Waals surface area contributed by atoms with Gasteiger partial charge in [-0.1, -0.05) is 384 Å². The highest BCUT2D eigenvalue weighted by Crippen LogP contribution is 2.53. The zero-order valence-electron chi connectivity index (χ0n) is 71.3. The molecule has 6 heterocycles. The van der Waals surface area contributed by atoms with Gasteiger partial charge in [0.15, 0.2) is 0 Å². The lowest BCUT2D eigenvalue weighted by Gasteiger charge is -2.22. The largest absolute Gasteiger partial charge is 0.292 e. The molecule has 130 heavy (non-hydrogen) atoms. The molecule has 604 valence electrons. The maximum atomic E-state index is 5.23. The van der Waals surface area contributed by atoms with Gasteiger partial charge in [-0.25, -0.2) is 15.0 Å². The first-order valence-electron chi connectivity index (χ1n) is 44.9. The molecule has 2 aliphatic rings. The summed E-state index contributed by atoms with van der Waals surface area (Å²) in [5.41, 5.74) is 38.5. The molecule has 6 heteroatoms. The molecule has 0 bridgehead atoms. The molecule has 0 atom stereocenters. The molecule has 27 aromatic rings. The third-order valence-corrected chi connectivity index (χ3v) is 28.2. The summed E-state index contributed by atoms with van der Waals surface area (Å²) in [7, 11) is 0. The van der Waals surface area contributed by atoms with Gasteiger partial charge in [-0.05, 0) is 237 Å². The van der Waals surface area contributed by atoms with Crippen molar-refractivity contribution in [2.75, 3.05) is 0 Å². The molecule has 0 unspecified atom stereocenters. The zero-order valence-corrected chi connectivity index (χ0v) is 71.3. The van der Waals surface area contributed by atoms with Crippen LogP contribution in [0.1, 0.15) is 25.0 Å². The number of para-hydroxylation sites is 6. The van der Waals surface area contributed by atoms with Crippen molar-refractivity contribution < 1.29 is 0 Å². The lowest BCUT2D eigenvalue weighted by molar-refractivity contribution is 0.660. The number of pyridine rings is 3. The van der Waals surface area contributed by atoms with Crippen LogP contribution in [-0.2, 0) is 5.41 Å². The Bertz CT molecular complexity index is 9490. The van der Waals surface area contributed by atoms with Gasteiger partial charge in [0.05, 0.1) is 49.7 Å². The summed E-state index contributed by atoms with van der Waals surface area (Å²) < 4.78 is 7.08. The second-order valence-corrected chi connectivity index (χ2v) is 35.6. The molecule has 0 fully saturated rings. The highest BCUT2D eigenvalue weighted by molar-refractivity contribution is 6.27. The van der Waals surface area contributed by atoms with Crippen molar-refractivity contribution >= 4 is 158 Å². The SMILES string of the molecule is CC1(C)c2ccccc2-c2ccc(-c3ccc(-c4ccc5c6ccc7ccccc7c6c6nc7ccccc7n6c5c4)cc3)cc21.c1cc(-c2ccc3c4ccc5ccccc5c4c4nc5ccccc5n4c3c2)cc(-c2ccc3c4c(cccc24)-c2ccccc2-3)c1.c1ccc(-c2ccc(-c3ccc4c5ccc6ccccc6c5c5nc6ccccc6n5c4c3)cc2)cc1. The van der Waals surface area contributed by atoms with Gasteiger partial charge in [0.25, 0.3) is 0 Å². The quantitative estimate of drug-likeness (QED) is 0.156. The Morgan fingerprint density at radius 1 is 0.169 bits per heavy atom. The van der Waals surface area contributed by atoms with Crippen molar-refractivity contribution in [3.8, 4) is 100 Å². The Labute approximate surface area is 748 Å². The number of rotatable bonds is 6. The highest BCUT2D eigenvalue weighted by Gasteiger charge is 2.36. The molecule has 2 aliphatic carbocycles. The van der Waals surface area contributed by atoms with E-state index in [0.29, 0.717) is 0 Å². The van der Waals surface area contributed by atoms with Crippen molar-refractivity contribution in [1.82, 2.24) is 28.2 Å². The van der Waals surface area contributed by atoms with Crippen molar-refractivity contribution in [2.24, 2.45) is 0 Å². The molecule has 0 saturated heterocycles. The van der Waals surface area contributed by atoms with Crippen LogP contribution in [0, 0.1) is 0 Å². The van der Waals surface area contributed by atoms with Crippen LogP contribution in [0.4, 0.5) is 0 Å². The van der Waals surface area contributed by atoms with Crippen LogP contribution in [0.25, 0.3) is 258 Å². The molecular weight excluding hydrogens is 1570 g/mol. The molecular formula is C124H78N6. The van der Waals surface area contributed by atoms with E-state index < -0.39 is 0 Å². The summed E-state index contributed by atoms with van der Waals surface area (Å²) in [6.45, 7) is 4.69. The van der Waals surface area contributed by atoms with Gasteiger partial charge in [0.2, 0.25) is 0 Å². The van der Waals surface area contributed by atoms with Crippen LogP contribution in [0.3, 0.4) is 0 Å². The van der Waals surface area contributed by atoms with E-state index >= 15 is 0 Å². The third kappa shape index (κ3) is 11.2. The van der Waals surface area contributed by atoms with Crippen LogP contribution < -0.4 is 0 Å². The van der Waals surface area contributed by atoms with E-state index in [0.717, 1.165) is 50.0 Å². The average Bonchev–Trinajstić information content (AvgIpc) is 1.48. The monoisotopic (exact) mass is 1650 g/mol. The number of benzene rings is 21. The Morgan fingerprint density at radius 2 is 0.477 bits per heavy atom. The van der Waals surface area contributed by atoms with Gasteiger partial charge in [-0.15, -0.1) is 0 Å². The Kier molecular flexibility index (Phi) is 16.1. The van der Waals surface area contributed by atoms with Gasteiger partial charge < -0.3 is 0 Å². The fraction of sp³-hybridized carbons (Fsp3) is 0.0242. The van der Waals surface area contributed by atoms with Crippen LogP contribution in [0.2, 0.25) is 0 Å². The van der Waals surface area contributed by atoms with Crippen LogP contribution in [0.5, 0.6) is 0 Å². The van der Waals surface area contributed by atoms with E-state index in [-0.39, 0.29) is 5.41 Å². The summed E-state index contributed by atoms with van der Waals surface area (Å²) in [5, 5.41) is 21.1. The zero-order chi connectivity index (χ0) is 85.6. The minimum atomic E-state index is -0.00768. The Balaban J connectivity index is 0.000000101. The smallest absolute Gasteiger partial charge is 0.147 e. The van der Waals surface area contributed by atoms with E-state index in [9.17, 15) is 0 Å². The second-order valence-electron chi connectivity index (χ2n) is 35.6. The summed E-state index contributed by atoms with van der Waals surface area (Å²) >= 11 is 0. The van der Waals surface area contributed by atoms with Gasteiger partial charge in [0, 0.05) is 37.7 Å². The predicted octanol–water partition coefficient (Wildman–Crippen LogP) is 33.0. The van der Waals surface area contributed by atoms with Crippen LogP contribution in [0.15, 0.2) is 437 Å². The van der Waals surface area contributed by atoms with Gasteiger partial charge >= 0.3 is 0 Å². The minimum Gasteiger partial charge on any atom is -0.292 e. The van der Waals surface area contributed by atoms with E-state index in [1.165, 1.54) is 219 Å². The van der Waals surface area contributed by atoms with E-state index in [1.807, 2.05) is 0 Å². The molecule has 0 spiro atoms. The number of aromatic nitrogens is 6. The molecule has 0 radical (unpaired) electrons. The molecule has 0 saturated carbocycles. The molecule has 29 rings (SSSR count). The van der Waals surface area contributed by atoms with Gasteiger partial charge in [-0.2, -0.15) is 0 Å². The topological polar surface area (TPSA) is 51.9 Å². The highest BCUT2D eigenvalue weighted by atomic mass is 15.0. The number of hydrogen-bond donors (Lipinski definition) is 0. The number of fused-ring (bicyclic) bond motifs is 36. The number of hydrogen-bond acceptors (Lipinski definition) is 3. The van der Waals surface area contributed by atoms with Crippen molar-refractivity contribution in [2.45, 2.75) is 19.3 Å². The Hall–Kier alpha value is -16.9. The van der Waals surface area contributed by atoms with Crippen molar-refractivity contribution in [3.63, 3.8) is 0 Å². The first-order chi connectivity index (χ1) is 64.2. The molecule has 0 amide bonds.